The van der Waals surface area contributed by atoms with E-state index in [1.54, 1.807) is 30.0 Å². The molecular weight excluding hydrogens is 460 g/mol. The van der Waals surface area contributed by atoms with E-state index in [0.29, 0.717) is 23.0 Å². The third-order valence-electron chi connectivity index (χ3n) is 4.57. The highest BCUT2D eigenvalue weighted by atomic mass is 79.9. The van der Waals surface area contributed by atoms with Gasteiger partial charge in [-0.1, -0.05) is 46.3 Å². The summed E-state index contributed by atoms with van der Waals surface area (Å²) in [7, 11) is 3.09. The fourth-order valence-electron chi connectivity index (χ4n) is 3.03. The predicted molar refractivity (Wildman–Crippen MR) is 122 cm³/mol. The second kappa shape index (κ2) is 9.01. The Morgan fingerprint density at radius 2 is 1.71 bits per heavy atom. The van der Waals surface area contributed by atoms with Crippen LogP contribution in [-0.2, 0) is 0 Å². The minimum atomic E-state index is -0.459. The Labute approximate surface area is 187 Å². The Bertz CT molecular complexity index is 1210. The number of halogens is 1. The highest BCUT2D eigenvalue weighted by molar-refractivity contribution is 9.10. The van der Waals surface area contributed by atoms with Crippen LogP contribution >= 0.6 is 15.9 Å². The molecule has 0 aliphatic rings. The summed E-state index contributed by atoms with van der Waals surface area (Å²) in [6, 6.07) is 22.4. The van der Waals surface area contributed by atoms with Crippen molar-refractivity contribution in [3.05, 3.63) is 83.1 Å². The second-order valence-electron chi connectivity index (χ2n) is 6.53. The molecule has 1 N–H and O–H groups in total. The largest absolute Gasteiger partial charge is 0.497 e. The van der Waals surface area contributed by atoms with E-state index in [-0.39, 0.29) is 5.82 Å². The van der Waals surface area contributed by atoms with Crippen LogP contribution < -0.4 is 14.8 Å². The van der Waals surface area contributed by atoms with Crippen molar-refractivity contribution in [2.45, 2.75) is 0 Å². The lowest BCUT2D eigenvalue weighted by atomic mass is 10.2. The Balaban J connectivity index is 1.74. The maximum absolute atomic E-state index is 13.0. The van der Waals surface area contributed by atoms with Crippen molar-refractivity contribution >= 4 is 27.5 Å². The van der Waals surface area contributed by atoms with Gasteiger partial charge in [0.25, 0.3) is 5.91 Å². The SMILES string of the molecule is COc1ccc(OC)c(NC(=O)c2nc(-c3ccc(Br)cc3)n(-c3ccccc3)n2)c1. The van der Waals surface area contributed by atoms with Crippen LogP contribution in [0.25, 0.3) is 17.1 Å². The van der Waals surface area contributed by atoms with Gasteiger partial charge < -0.3 is 14.8 Å². The van der Waals surface area contributed by atoms with Gasteiger partial charge in [-0.2, -0.15) is 0 Å². The lowest BCUT2D eigenvalue weighted by Crippen LogP contribution is -2.15. The Morgan fingerprint density at radius 1 is 0.968 bits per heavy atom. The highest BCUT2D eigenvalue weighted by Gasteiger charge is 2.20. The summed E-state index contributed by atoms with van der Waals surface area (Å²) in [6.45, 7) is 0. The number of hydrogen-bond donors (Lipinski definition) is 1. The van der Waals surface area contributed by atoms with Crippen molar-refractivity contribution in [2.24, 2.45) is 0 Å². The van der Waals surface area contributed by atoms with E-state index in [2.05, 4.69) is 31.3 Å². The average molecular weight is 479 g/mol. The van der Waals surface area contributed by atoms with Crippen LogP contribution in [0.4, 0.5) is 5.69 Å². The van der Waals surface area contributed by atoms with Crippen LogP contribution in [0.1, 0.15) is 10.6 Å². The van der Waals surface area contributed by atoms with Crippen molar-refractivity contribution in [1.82, 2.24) is 14.8 Å². The Hall–Kier alpha value is -3.65. The molecule has 0 saturated carbocycles. The Kier molecular flexibility index (Phi) is 5.99. The molecule has 31 heavy (non-hydrogen) atoms. The number of methoxy groups -OCH3 is 2. The van der Waals surface area contributed by atoms with Crippen molar-refractivity contribution in [1.29, 1.82) is 0 Å². The number of aromatic nitrogens is 3. The summed E-state index contributed by atoms with van der Waals surface area (Å²) >= 11 is 3.44. The number of nitrogens with zero attached hydrogens (tertiary/aromatic N) is 3. The van der Waals surface area contributed by atoms with Gasteiger partial charge in [0.1, 0.15) is 11.5 Å². The van der Waals surface area contributed by atoms with E-state index in [4.69, 9.17) is 9.47 Å². The molecule has 1 amide bonds. The molecule has 0 aliphatic carbocycles. The molecular formula is C23H19BrN4O3. The van der Waals surface area contributed by atoms with Crippen LogP contribution in [0.5, 0.6) is 11.5 Å². The molecule has 156 valence electrons. The molecule has 0 radical (unpaired) electrons. The molecule has 0 atom stereocenters. The van der Waals surface area contributed by atoms with Crippen LogP contribution in [0, 0.1) is 0 Å². The lowest BCUT2D eigenvalue weighted by molar-refractivity contribution is 0.101. The van der Waals surface area contributed by atoms with E-state index in [0.717, 1.165) is 15.7 Å². The molecule has 4 rings (SSSR count). The molecule has 3 aromatic carbocycles. The molecule has 4 aromatic rings. The fraction of sp³-hybridized carbons (Fsp3) is 0.0870. The number of carbonyl (C=O) groups is 1. The summed E-state index contributed by atoms with van der Waals surface area (Å²) in [6.07, 6.45) is 0. The third kappa shape index (κ3) is 4.44. The molecule has 0 bridgehead atoms. The standard InChI is InChI=1S/C23H19BrN4O3/c1-30-18-12-13-20(31-2)19(14-18)25-23(29)21-26-22(15-8-10-16(24)11-9-15)28(27-21)17-6-4-3-5-7-17/h3-14H,1-2H3,(H,25,29). The van der Waals surface area contributed by atoms with E-state index in [1.807, 2.05) is 54.6 Å². The van der Waals surface area contributed by atoms with Crippen molar-refractivity contribution in [3.63, 3.8) is 0 Å². The molecule has 0 saturated heterocycles. The van der Waals surface area contributed by atoms with Gasteiger partial charge in [-0.3, -0.25) is 4.79 Å². The molecule has 1 heterocycles. The van der Waals surface area contributed by atoms with Crippen LogP contribution in [0.15, 0.2) is 77.3 Å². The number of benzene rings is 3. The molecule has 0 spiro atoms. The minimum Gasteiger partial charge on any atom is -0.497 e. The molecule has 8 heteroatoms. The monoisotopic (exact) mass is 478 g/mol. The van der Waals surface area contributed by atoms with Crippen LogP contribution in [-0.4, -0.2) is 34.9 Å². The molecule has 0 fully saturated rings. The number of ether oxygens (including phenoxy) is 2. The molecule has 0 unspecified atom stereocenters. The first-order chi connectivity index (χ1) is 15.1. The summed E-state index contributed by atoms with van der Waals surface area (Å²) in [5.74, 6) is 1.23. The van der Waals surface area contributed by atoms with Crippen molar-refractivity contribution in [3.8, 4) is 28.6 Å². The van der Waals surface area contributed by atoms with Gasteiger partial charge in [0.15, 0.2) is 5.82 Å². The van der Waals surface area contributed by atoms with Crippen molar-refractivity contribution in [2.75, 3.05) is 19.5 Å². The smallest absolute Gasteiger partial charge is 0.295 e. The summed E-state index contributed by atoms with van der Waals surface area (Å²) in [5, 5.41) is 7.30. The Morgan fingerprint density at radius 3 is 2.39 bits per heavy atom. The first-order valence-electron chi connectivity index (χ1n) is 9.41. The number of para-hydroxylation sites is 1. The minimum absolute atomic E-state index is 0.0339. The van der Waals surface area contributed by atoms with E-state index in [9.17, 15) is 4.79 Å². The summed E-state index contributed by atoms with van der Waals surface area (Å²) in [4.78, 5) is 17.5. The number of carbonyl (C=O) groups excluding carboxylic acids is 1. The maximum atomic E-state index is 13.0. The number of anilines is 1. The van der Waals surface area contributed by atoms with Gasteiger partial charge in [-0.15, -0.1) is 5.10 Å². The van der Waals surface area contributed by atoms with Crippen LogP contribution in [0.3, 0.4) is 0 Å². The molecule has 1 aromatic heterocycles. The van der Waals surface area contributed by atoms with Crippen molar-refractivity contribution < 1.29 is 14.3 Å². The number of amides is 1. The fourth-order valence-corrected chi connectivity index (χ4v) is 3.30. The topological polar surface area (TPSA) is 78.3 Å². The zero-order chi connectivity index (χ0) is 21.8. The number of hydrogen-bond acceptors (Lipinski definition) is 5. The first kappa shape index (κ1) is 20.6. The van der Waals surface area contributed by atoms with E-state index >= 15 is 0 Å². The second-order valence-corrected chi connectivity index (χ2v) is 7.45. The van der Waals surface area contributed by atoms with Gasteiger partial charge in [0.2, 0.25) is 5.82 Å². The zero-order valence-electron chi connectivity index (χ0n) is 16.9. The van der Waals surface area contributed by atoms with E-state index < -0.39 is 5.91 Å². The molecule has 0 aliphatic heterocycles. The highest BCUT2D eigenvalue weighted by Crippen LogP contribution is 2.29. The van der Waals surface area contributed by atoms with Gasteiger partial charge in [0.05, 0.1) is 25.6 Å². The van der Waals surface area contributed by atoms with Gasteiger partial charge >= 0.3 is 0 Å². The maximum Gasteiger partial charge on any atom is 0.295 e. The predicted octanol–water partition coefficient (Wildman–Crippen LogP) is 4.97. The summed E-state index contributed by atoms with van der Waals surface area (Å²) < 4.78 is 13.2. The van der Waals surface area contributed by atoms with Crippen LogP contribution in [0.2, 0.25) is 0 Å². The third-order valence-corrected chi connectivity index (χ3v) is 5.10. The lowest BCUT2D eigenvalue weighted by Gasteiger charge is -2.10. The normalized spacial score (nSPS) is 10.5. The van der Waals surface area contributed by atoms with Gasteiger partial charge in [-0.05, 0) is 36.4 Å². The van der Waals surface area contributed by atoms with E-state index in [1.165, 1.54) is 7.11 Å². The van der Waals surface area contributed by atoms with Gasteiger partial charge in [0, 0.05) is 16.1 Å². The summed E-state index contributed by atoms with van der Waals surface area (Å²) in [5.41, 5.74) is 2.09. The quantitative estimate of drug-likeness (QED) is 0.423. The first-order valence-corrected chi connectivity index (χ1v) is 10.2. The molecule has 7 nitrogen and oxygen atoms in total. The average Bonchev–Trinajstić information content (AvgIpc) is 3.26. The number of rotatable bonds is 6. The van der Waals surface area contributed by atoms with Gasteiger partial charge in [-0.25, -0.2) is 9.67 Å². The number of nitrogens with one attached hydrogen (secondary N) is 1. The zero-order valence-corrected chi connectivity index (χ0v) is 18.5.